The van der Waals surface area contributed by atoms with Gasteiger partial charge in [-0.15, -0.1) is 0 Å². The van der Waals surface area contributed by atoms with Crippen molar-refractivity contribution in [1.29, 1.82) is 0 Å². The van der Waals surface area contributed by atoms with Crippen molar-refractivity contribution < 1.29 is 9.59 Å². The molecule has 1 aliphatic carbocycles. The first-order valence-corrected chi connectivity index (χ1v) is 9.70. The smallest absolute Gasteiger partial charge is 0.241 e. The van der Waals surface area contributed by atoms with Crippen LogP contribution in [-0.4, -0.2) is 11.8 Å². The van der Waals surface area contributed by atoms with Crippen LogP contribution in [0.4, 0.5) is 5.69 Å². The van der Waals surface area contributed by atoms with Crippen LogP contribution in [0.2, 0.25) is 5.02 Å². The van der Waals surface area contributed by atoms with Gasteiger partial charge in [0.05, 0.1) is 11.1 Å². The topological polar surface area (TPSA) is 37.4 Å². The van der Waals surface area contributed by atoms with Crippen molar-refractivity contribution >= 4 is 29.1 Å². The molecule has 3 nitrogen and oxygen atoms in total. The second kappa shape index (κ2) is 6.05. The lowest BCUT2D eigenvalue weighted by molar-refractivity contribution is -0.123. The summed E-state index contributed by atoms with van der Waals surface area (Å²) in [5.74, 6) is -0.298. The predicted octanol–water partition coefficient (Wildman–Crippen LogP) is 4.98. The molecule has 0 radical (unpaired) electrons. The van der Waals surface area contributed by atoms with E-state index in [1.807, 2.05) is 36.4 Å². The highest BCUT2D eigenvalue weighted by molar-refractivity contribution is 6.31. The molecule has 28 heavy (non-hydrogen) atoms. The van der Waals surface area contributed by atoms with Gasteiger partial charge < -0.3 is 0 Å². The zero-order valence-corrected chi connectivity index (χ0v) is 15.9. The van der Waals surface area contributed by atoms with Crippen molar-refractivity contribution in [1.82, 2.24) is 0 Å². The highest BCUT2D eigenvalue weighted by Gasteiger charge is 2.77. The maximum absolute atomic E-state index is 13.6. The van der Waals surface area contributed by atoms with Crippen LogP contribution in [0.15, 0.2) is 84.9 Å². The first-order valence-electron chi connectivity index (χ1n) is 9.32. The van der Waals surface area contributed by atoms with E-state index >= 15 is 0 Å². The Labute approximate surface area is 168 Å². The molecule has 1 heterocycles. The van der Waals surface area contributed by atoms with Gasteiger partial charge >= 0.3 is 0 Å². The summed E-state index contributed by atoms with van der Waals surface area (Å²) in [4.78, 5) is 27.9. The molecule has 138 valence electrons. The van der Waals surface area contributed by atoms with Crippen molar-refractivity contribution in [2.75, 3.05) is 4.90 Å². The van der Waals surface area contributed by atoms with Crippen molar-refractivity contribution in [3.8, 4) is 0 Å². The Bertz CT molecular complexity index is 1040. The monoisotopic (exact) mass is 387 g/mol. The molecule has 1 saturated heterocycles. The third-order valence-electron chi connectivity index (χ3n) is 6.17. The molecule has 3 aromatic carbocycles. The van der Waals surface area contributed by atoms with E-state index in [9.17, 15) is 9.59 Å². The van der Waals surface area contributed by atoms with E-state index in [-0.39, 0.29) is 18.2 Å². The molecule has 5 rings (SSSR count). The van der Waals surface area contributed by atoms with Crippen LogP contribution in [0.5, 0.6) is 0 Å². The quantitative estimate of drug-likeness (QED) is 0.594. The lowest BCUT2D eigenvalue weighted by atomic mass is 9.79. The Hall–Kier alpha value is -2.91. The lowest BCUT2D eigenvalue weighted by Gasteiger charge is -2.23. The summed E-state index contributed by atoms with van der Waals surface area (Å²) in [6.45, 7) is 0. The van der Waals surface area contributed by atoms with E-state index in [0.717, 1.165) is 11.1 Å². The van der Waals surface area contributed by atoms with Crippen molar-refractivity contribution in [3.05, 3.63) is 101 Å². The summed E-state index contributed by atoms with van der Waals surface area (Å²) in [6, 6.07) is 27.1. The zero-order valence-electron chi connectivity index (χ0n) is 15.1. The average Bonchev–Trinajstić information content (AvgIpc) is 3.33. The second-order valence-corrected chi connectivity index (χ2v) is 8.02. The summed E-state index contributed by atoms with van der Waals surface area (Å²) in [5.41, 5.74) is 1.48. The number of rotatable bonds is 3. The molecular weight excluding hydrogens is 370 g/mol. The molecule has 1 atom stereocenters. The summed E-state index contributed by atoms with van der Waals surface area (Å²) >= 11 is 6.10. The number of hydrogen-bond acceptors (Lipinski definition) is 2. The number of carbonyl (C=O) groups excluding carboxylic acids is 2. The van der Waals surface area contributed by atoms with Gasteiger partial charge in [0.2, 0.25) is 11.8 Å². The van der Waals surface area contributed by atoms with Gasteiger partial charge in [-0.2, -0.15) is 0 Å². The van der Waals surface area contributed by atoms with Crippen LogP contribution in [0.3, 0.4) is 0 Å². The van der Waals surface area contributed by atoms with Gasteiger partial charge in [-0.25, -0.2) is 4.90 Å². The van der Waals surface area contributed by atoms with Crippen LogP contribution < -0.4 is 4.90 Å². The minimum atomic E-state index is -0.741. The van der Waals surface area contributed by atoms with Gasteiger partial charge in [0.1, 0.15) is 0 Å². The molecule has 2 aliphatic rings. The molecule has 0 unspecified atom stereocenters. The van der Waals surface area contributed by atoms with E-state index in [2.05, 4.69) is 24.3 Å². The molecular formula is C24H18ClNO2. The van der Waals surface area contributed by atoms with E-state index in [1.54, 1.807) is 24.3 Å². The van der Waals surface area contributed by atoms with Crippen LogP contribution in [-0.2, 0) is 15.0 Å². The molecule has 2 amide bonds. The van der Waals surface area contributed by atoms with E-state index < -0.39 is 10.8 Å². The number of carbonyl (C=O) groups is 2. The number of anilines is 1. The summed E-state index contributed by atoms with van der Waals surface area (Å²) in [7, 11) is 0. The lowest BCUT2D eigenvalue weighted by Crippen LogP contribution is -2.33. The third kappa shape index (κ3) is 2.23. The average molecular weight is 388 g/mol. The second-order valence-electron chi connectivity index (χ2n) is 7.59. The maximum Gasteiger partial charge on any atom is 0.241 e. The number of nitrogens with zero attached hydrogens (tertiary/aromatic N) is 1. The number of benzene rings is 3. The fraction of sp³-hybridized carbons (Fsp3) is 0.167. The molecule has 4 heteroatoms. The number of imide groups is 1. The first-order chi connectivity index (χ1) is 13.6. The molecule has 1 aliphatic heterocycles. The molecule has 0 bridgehead atoms. The van der Waals surface area contributed by atoms with Crippen LogP contribution in [0.25, 0.3) is 0 Å². The summed E-state index contributed by atoms with van der Waals surface area (Å²) < 4.78 is 0. The number of amides is 2. The Morgan fingerprint density at radius 1 is 0.786 bits per heavy atom. The van der Waals surface area contributed by atoms with Crippen LogP contribution >= 0.6 is 11.6 Å². The zero-order chi connectivity index (χ0) is 19.4. The minimum absolute atomic E-state index is 0.132. The Balaban J connectivity index is 1.64. The summed E-state index contributed by atoms with van der Waals surface area (Å²) in [6.07, 6.45) is 0.845. The first kappa shape index (κ1) is 17.2. The van der Waals surface area contributed by atoms with Crippen molar-refractivity contribution in [2.45, 2.75) is 18.3 Å². The van der Waals surface area contributed by atoms with E-state index in [4.69, 9.17) is 11.6 Å². The highest BCUT2D eigenvalue weighted by Crippen LogP contribution is 2.72. The molecule has 0 N–H and O–H groups in total. The molecule has 2 fully saturated rings. The Morgan fingerprint density at radius 2 is 1.39 bits per heavy atom. The number of halogens is 1. The van der Waals surface area contributed by atoms with Gasteiger partial charge in [0.15, 0.2) is 0 Å². The Morgan fingerprint density at radius 3 is 1.96 bits per heavy atom. The largest absolute Gasteiger partial charge is 0.274 e. The van der Waals surface area contributed by atoms with E-state index in [1.165, 1.54) is 4.90 Å². The molecule has 3 aromatic rings. The fourth-order valence-electron chi connectivity index (χ4n) is 4.87. The van der Waals surface area contributed by atoms with Crippen LogP contribution in [0, 0.1) is 5.41 Å². The van der Waals surface area contributed by atoms with Gasteiger partial charge in [0.25, 0.3) is 0 Å². The Kier molecular flexibility index (Phi) is 3.72. The fourth-order valence-corrected chi connectivity index (χ4v) is 5.05. The van der Waals surface area contributed by atoms with Gasteiger partial charge in [-0.05, 0) is 35.7 Å². The molecule has 1 saturated carbocycles. The SMILES string of the molecule is O=C1C[C@@]2(CC2(c2ccccc2)c2ccccc2)C(=O)N1c1cccc(Cl)c1. The summed E-state index contributed by atoms with van der Waals surface area (Å²) in [5, 5.41) is 0.507. The maximum atomic E-state index is 13.6. The third-order valence-corrected chi connectivity index (χ3v) is 6.41. The molecule has 1 spiro atoms. The minimum Gasteiger partial charge on any atom is -0.274 e. The van der Waals surface area contributed by atoms with Crippen molar-refractivity contribution in [3.63, 3.8) is 0 Å². The van der Waals surface area contributed by atoms with Gasteiger partial charge in [0, 0.05) is 16.9 Å². The van der Waals surface area contributed by atoms with E-state index in [0.29, 0.717) is 17.1 Å². The number of hydrogen-bond donors (Lipinski definition) is 0. The van der Waals surface area contributed by atoms with Crippen LogP contribution in [0.1, 0.15) is 24.0 Å². The van der Waals surface area contributed by atoms with Crippen molar-refractivity contribution in [2.24, 2.45) is 5.41 Å². The normalized spacial score (nSPS) is 22.7. The highest BCUT2D eigenvalue weighted by atomic mass is 35.5. The van der Waals surface area contributed by atoms with Gasteiger partial charge in [-0.1, -0.05) is 78.3 Å². The predicted molar refractivity (Wildman–Crippen MR) is 109 cm³/mol. The standard InChI is InChI=1S/C24H18ClNO2/c25-19-12-7-13-20(14-19)26-21(27)15-23(22(26)28)16-24(23,17-8-3-1-4-9-17)18-10-5-2-6-11-18/h1-14H,15-16H2/t23-/m1/s1. The van der Waals surface area contributed by atoms with Gasteiger partial charge in [-0.3, -0.25) is 9.59 Å². The molecule has 0 aromatic heterocycles.